The third-order valence-electron chi connectivity index (χ3n) is 2.27. The van der Waals surface area contributed by atoms with Crippen molar-refractivity contribution in [1.29, 1.82) is 0 Å². The quantitative estimate of drug-likeness (QED) is 0.527. The lowest BCUT2D eigenvalue weighted by atomic mass is 10.0. The van der Waals surface area contributed by atoms with E-state index in [1.807, 2.05) is 12.1 Å². The van der Waals surface area contributed by atoms with Crippen LogP contribution in [0.3, 0.4) is 0 Å². The molecule has 4 nitrogen and oxygen atoms in total. The standard InChI is InChI=1S/C11H18N2O2/c12-9(3-6-11(13)15)7-8-1-4-10(14)5-2-8/h1-2,4-5,9,11,14-15H,3,6-7,12-13H2/t9-,11+/m1/s1. The first-order valence-electron chi connectivity index (χ1n) is 5.05. The third kappa shape index (κ3) is 4.78. The maximum Gasteiger partial charge on any atom is 0.115 e. The number of phenolic OH excluding ortho intramolecular Hbond substituents is 1. The van der Waals surface area contributed by atoms with E-state index in [9.17, 15) is 0 Å². The molecule has 0 saturated carbocycles. The van der Waals surface area contributed by atoms with Crippen LogP contribution in [0.2, 0.25) is 0 Å². The molecule has 0 radical (unpaired) electrons. The number of benzene rings is 1. The lowest BCUT2D eigenvalue weighted by molar-refractivity contribution is 0.166. The smallest absolute Gasteiger partial charge is 0.115 e. The second-order valence-electron chi connectivity index (χ2n) is 3.78. The first-order chi connectivity index (χ1) is 7.08. The molecule has 6 N–H and O–H groups in total. The van der Waals surface area contributed by atoms with Gasteiger partial charge in [0.2, 0.25) is 0 Å². The van der Waals surface area contributed by atoms with Gasteiger partial charge in [0, 0.05) is 6.04 Å². The first-order valence-corrected chi connectivity index (χ1v) is 5.05. The molecule has 0 saturated heterocycles. The Bertz CT molecular complexity index is 285. The summed E-state index contributed by atoms with van der Waals surface area (Å²) in [4.78, 5) is 0. The van der Waals surface area contributed by atoms with E-state index in [0.717, 1.165) is 12.0 Å². The fraction of sp³-hybridized carbons (Fsp3) is 0.455. The van der Waals surface area contributed by atoms with Gasteiger partial charge in [-0.25, -0.2) is 0 Å². The van der Waals surface area contributed by atoms with Crippen LogP contribution >= 0.6 is 0 Å². The van der Waals surface area contributed by atoms with E-state index >= 15 is 0 Å². The summed E-state index contributed by atoms with van der Waals surface area (Å²) in [7, 11) is 0. The molecule has 0 amide bonds. The molecule has 0 spiro atoms. The average molecular weight is 210 g/mol. The Morgan fingerprint density at radius 2 is 1.67 bits per heavy atom. The molecule has 84 valence electrons. The maximum atomic E-state index is 9.09. The highest BCUT2D eigenvalue weighted by Crippen LogP contribution is 2.12. The highest BCUT2D eigenvalue weighted by molar-refractivity contribution is 5.26. The van der Waals surface area contributed by atoms with Crippen LogP contribution < -0.4 is 11.5 Å². The molecule has 15 heavy (non-hydrogen) atoms. The minimum absolute atomic E-state index is 0.00672. The Kier molecular flexibility index (Phi) is 4.55. The van der Waals surface area contributed by atoms with Crippen LogP contribution in [0.25, 0.3) is 0 Å². The molecule has 0 aromatic heterocycles. The van der Waals surface area contributed by atoms with Gasteiger partial charge in [-0.1, -0.05) is 12.1 Å². The van der Waals surface area contributed by atoms with E-state index in [-0.39, 0.29) is 11.8 Å². The Morgan fingerprint density at radius 3 is 2.20 bits per heavy atom. The Labute approximate surface area is 89.5 Å². The van der Waals surface area contributed by atoms with Crippen molar-refractivity contribution in [3.63, 3.8) is 0 Å². The first kappa shape index (κ1) is 12.0. The topological polar surface area (TPSA) is 92.5 Å². The van der Waals surface area contributed by atoms with Crippen LogP contribution in [0.15, 0.2) is 24.3 Å². The van der Waals surface area contributed by atoms with E-state index in [0.29, 0.717) is 12.8 Å². The Morgan fingerprint density at radius 1 is 1.07 bits per heavy atom. The number of hydrogen-bond donors (Lipinski definition) is 4. The summed E-state index contributed by atoms with van der Waals surface area (Å²) < 4.78 is 0. The fourth-order valence-electron chi connectivity index (χ4n) is 1.42. The molecule has 1 rings (SSSR count). The van der Waals surface area contributed by atoms with Crippen LogP contribution in [-0.2, 0) is 6.42 Å². The van der Waals surface area contributed by atoms with Gasteiger partial charge in [0.05, 0.1) is 0 Å². The summed E-state index contributed by atoms with van der Waals surface area (Å²) in [6.07, 6.45) is 1.15. The molecule has 0 fully saturated rings. The third-order valence-corrected chi connectivity index (χ3v) is 2.27. The van der Waals surface area contributed by atoms with Crippen molar-refractivity contribution >= 4 is 0 Å². The molecule has 1 aromatic rings. The zero-order valence-electron chi connectivity index (χ0n) is 8.63. The minimum Gasteiger partial charge on any atom is -0.508 e. The van der Waals surface area contributed by atoms with E-state index in [1.54, 1.807) is 12.1 Å². The lowest BCUT2D eigenvalue weighted by Crippen LogP contribution is -2.27. The van der Waals surface area contributed by atoms with Gasteiger partial charge < -0.3 is 21.7 Å². The van der Waals surface area contributed by atoms with Crippen LogP contribution in [0.1, 0.15) is 18.4 Å². The summed E-state index contributed by atoms with van der Waals surface area (Å²) in [6.45, 7) is 0. The summed E-state index contributed by atoms with van der Waals surface area (Å²) in [5.41, 5.74) is 12.2. The summed E-state index contributed by atoms with van der Waals surface area (Å²) >= 11 is 0. The highest BCUT2D eigenvalue weighted by Gasteiger charge is 2.06. The van der Waals surface area contributed by atoms with Gasteiger partial charge in [-0.3, -0.25) is 0 Å². The molecule has 1 aromatic carbocycles. The largest absolute Gasteiger partial charge is 0.508 e. The minimum atomic E-state index is -0.782. The van der Waals surface area contributed by atoms with Crippen molar-refractivity contribution in [3.8, 4) is 5.75 Å². The second kappa shape index (κ2) is 5.70. The zero-order chi connectivity index (χ0) is 11.3. The van der Waals surface area contributed by atoms with Crippen molar-refractivity contribution in [2.75, 3.05) is 0 Å². The monoisotopic (exact) mass is 210 g/mol. The summed E-state index contributed by atoms with van der Waals surface area (Å²) in [5.74, 6) is 0.254. The predicted molar refractivity (Wildman–Crippen MR) is 59.2 cm³/mol. The van der Waals surface area contributed by atoms with E-state index in [4.69, 9.17) is 21.7 Å². The molecular weight excluding hydrogens is 192 g/mol. The lowest BCUT2D eigenvalue weighted by Gasteiger charge is -2.12. The molecule has 0 bridgehead atoms. The highest BCUT2D eigenvalue weighted by atomic mass is 16.3. The van der Waals surface area contributed by atoms with E-state index in [2.05, 4.69) is 0 Å². The average Bonchev–Trinajstić information content (AvgIpc) is 2.19. The van der Waals surface area contributed by atoms with Gasteiger partial charge in [0.25, 0.3) is 0 Å². The van der Waals surface area contributed by atoms with E-state index in [1.165, 1.54) is 0 Å². The van der Waals surface area contributed by atoms with Crippen LogP contribution in [0.5, 0.6) is 5.75 Å². The SMILES string of the molecule is N[C@H](CC[C@@H](N)O)Cc1ccc(O)cc1. The number of nitrogens with two attached hydrogens (primary N) is 2. The number of aliphatic hydroxyl groups is 1. The van der Waals surface area contributed by atoms with Crippen molar-refractivity contribution in [3.05, 3.63) is 29.8 Å². The van der Waals surface area contributed by atoms with E-state index < -0.39 is 6.23 Å². The predicted octanol–water partition coefficient (Wildman–Crippen LogP) is 0.319. The summed E-state index contributed by atoms with van der Waals surface area (Å²) in [6, 6.07) is 6.95. The van der Waals surface area contributed by atoms with Gasteiger partial charge in [0.15, 0.2) is 0 Å². The number of hydrogen-bond acceptors (Lipinski definition) is 4. The summed E-state index contributed by atoms with van der Waals surface area (Å²) in [5, 5.41) is 18.0. The molecule has 2 atom stereocenters. The molecule has 0 unspecified atom stereocenters. The van der Waals surface area contributed by atoms with Gasteiger partial charge in [-0.05, 0) is 37.0 Å². The van der Waals surface area contributed by atoms with Crippen molar-refractivity contribution in [2.24, 2.45) is 11.5 Å². The molecule has 0 aliphatic heterocycles. The second-order valence-corrected chi connectivity index (χ2v) is 3.78. The van der Waals surface area contributed by atoms with Crippen molar-refractivity contribution < 1.29 is 10.2 Å². The number of rotatable bonds is 5. The van der Waals surface area contributed by atoms with Crippen LogP contribution in [0, 0.1) is 0 Å². The Balaban J connectivity index is 2.37. The zero-order valence-corrected chi connectivity index (χ0v) is 8.63. The maximum absolute atomic E-state index is 9.09. The number of phenols is 1. The molecule has 4 heteroatoms. The van der Waals surface area contributed by atoms with Gasteiger partial charge in [0.1, 0.15) is 12.0 Å². The van der Waals surface area contributed by atoms with Crippen LogP contribution in [0.4, 0.5) is 0 Å². The molecular formula is C11H18N2O2. The van der Waals surface area contributed by atoms with Gasteiger partial charge >= 0.3 is 0 Å². The number of aliphatic hydroxyl groups excluding tert-OH is 1. The molecule has 0 aliphatic rings. The van der Waals surface area contributed by atoms with Crippen molar-refractivity contribution in [1.82, 2.24) is 0 Å². The van der Waals surface area contributed by atoms with Crippen molar-refractivity contribution in [2.45, 2.75) is 31.5 Å². The van der Waals surface area contributed by atoms with Crippen LogP contribution in [-0.4, -0.2) is 22.5 Å². The molecule has 0 aliphatic carbocycles. The Hall–Kier alpha value is -1.10. The van der Waals surface area contributed by atoms with Gasteiger partial charge in [-0.2, -0.15) is 0 Å². The number of aromatic hydroxyl groups is 1. The molecule has 0 heterocycles. The fourth-order valence-corrected chi connectivity index (χ4v) is 1.42. The van der Waals surface area contributed by atoms with Gasteiger partial charge in [-0.15, -0.1) is 0 Å². The normalized spacial score (nSPS) is 14.9.